The molecule has 0 aliphatic heterocycles. The lowest BCUT2D eigenvalue weighted by molar-refractivity contribution is -0.129. The molecule has 0 bridgehead atoms. The van der Waals surface area contributed by atoms with Gasteiger partial charge in [-0.25, -0.2) is 12.7 Å². The zero-order valence-electron chi connectivity index (χ0n) is 17.6. The molecule has 0 fully saturated rings. The van der Waals surface area contributed by atoms with Crippen LogP contribution in [-0.2, 0) is 14.8 Å². The van der Waals surface area contributed by atoms with Crippen molar-refractivity contribution in [1.82, 2.24) is 14.5 Å². The van der Waals surface area contributed by atoms with E-state index < -0.39 is 15.9 Å². The van der Waals surface area contributed by atoms with Crippen LogP contribution in [0.3, 0.4) is 0 Å². The fourth-order valence-corrected chi connectivity index (χ4v) is 3.48. The van der Waals surface area contributed by atoms with E-state index in [0.29, 0.717) is 13.2 Å². The van der Waals surface area contributed by atoms with E-state index in [1.54, 1.807) is 7.05 Å². The molecule has 0 saturated heterocycles. The average Bonchev–Trinajstić information content (AvgIpc) is 2.71. The quantitative estimate of drug-likeness (QED) is 0.647. The van der Waals surface area contributed by atoms with Gasteiger partial charge in [-0.1, -0.05) is 18.2 Å². The van der Waals surface area contributed by atoms with Crippen LogP contribution in [0.25, 0.3) is 0 Å². The van der Waals surface area contributed by atoms with Gasteiger partial charge >= 0.3 is 0 Å². The first-order valence-corrected chi connectivity index (χ1v) is 10.8. The highest BCUT2D eigenvalue weighted by Gasteiger charge is 2.19. The molecule has 1 N–H and O–H groups in total. The summed E-state index contributed by atoms with van der Waals surface area (Å²) in [6, 6.07) is 13.3. The molecule has 0 unspecified atom stereocenters. The van der Waals surface area contributed by atoms with Gasteiger partial charge in [0.1, 0.15) is 12.4 Å². The van der Waals surface area contributed by atoms with Crippen LogP contribution in [-0.4, -0.2) is 70.3 Å². The number of benzene rings is 2. The van der Waals surface area contributed by atoms with Crippen LogP contribution in [0, 0.1) is 6.92 Å². The van der Waals surface area contributed by atoms with E-state index in [-0.39, 0.29) is 22.9 Å². The molecule has 0 radical (unpaired) electrons. The summed E-state index contributed by atoms with van der Waals surface area (Å²) < 4.78 is 31.1. The van der Waals surface area contributed by atoms with Gasteiger partial charge in [-0.2, -0.15) is 0 Å². The Morgan fingerprint density at radius 3 is 2.40 bits per heavy atom. The van der Waals surface area contributed by atoms with Crippen molar-refractivity contribution in [2.24, 2.45) is 0 Å². The number of carbonyl (C=O) groups is 2. The SMILES string of the molecule is Cc1cccc(OCCN(C)C(=O)CNC(=O)c2cccc(S(=O)(=O)N(C)C)c2)c1. The lowest BCUT2D eigenvalue weighted by Gasteiger charge is -2.18. The Kier molecular flexibility index (Phi) is 7.96. The normalized spacial score (nSPS) is 11.2. The van der Waals surface area contributed by atoms with Gasteiger partial charge in [0.15, 0.2) is 0 Å². The Bertz CT molecular complexity index is 1010. The van der Waals surface area contributed by atoms with Gasteiger partial charge in [0.05, 0.1) is 18.0 Å². The van der Waals surface area contributed by atoms with Gasteiger partial charge in [-0.15, -0.1) is 0 Å². The largest absolute Gasteiger partial charge is 0.492 e. The van der Waals surface area contributed by atoms with E-state index in [0.717, 1.165) is 15.6 Å². The monoisotopic (exact) mass is 433 g/mol. The number of carbonyl (C=O) groups excluding carboxylic acids is 2. The van der Waals surface area contributed by atoms with Crippen LogP contribution in [0.4, 0.5) is 0 Å². The Morgan fingerprint density at radius 1 is 1.03 bits per heavy atom. The number of hydrogen-bond acceptors (Lipinski definition) is 5. The summed E-state index contributed by atoms with van der Waals surface area (Å²) in [6.45, 7) is 2.45. The van der Waals surface area contributed by atoms with E-state index in [1.165, 1.54) is 43.3 Å². The van der Waals surface area contributed by atoms with E-state index in [1.807, 2.05) is 31.2 Å². The molecular formula is C21H27N3O5S. The maximum Gasteiger partial charge on any atom is 0.251 e. The predicted octanol–water partition coefficient (Wildman–Crippen LogP) is 1.51. The van der Waals surface area contributed by atoms with Crippen molar-refractivity contribution in [3.05, 3.63) is 59.7 Å². The predicted molar refractivity (Wildman–Crippen MR) is 114 cm³/mol. The lowest BCUT2D eigenvalue weighted by atomic mass is 10.2. The van der Waals surface area contributed by atoms with Crippen LogP contribution >= 0.6 is 0 Å². The molecule has 0 aliphatic rings. The number of hydrogen-bond donors (Lipinski definition) is 1. The molecule has 2 amide bonds. The minimum absolute atomic E-state index is 0.0110. The van der Waals surface area contributed by atoms with Crippen molar-refractivity contribution in [1.29, 1.82) is 0 Å². The molecule has 162 valence electrons. The van der Waals surface area contributed by atoms with Crippen molar-refractivity contribution in [3.8, 4) is 5.75 Å². The molecule has 0 aliphatic carbocycles. The summed E-state index contributed by atoms with van der Waals surface area (Å²) in [6.07, 6.45) is 0. The van der Waals surface area contributed by atoms with Crippen molar-refractivity contribution in [2.45, 2.75) is 11.8 Å². The summed E-state index contributed by atoms with van der Waals surface area (Å²) in [4.78, 5) is 26.1. The fraction of sp³-hybridized carbons (Fsp3) is 0.333. The smallest absolute Gasteiger partial charge is 0.251 e. The van der Waals surface area contributed by atoms with Crippen molar-refractivity contribution < 1.29 is 22.7 Å². The molecule has 2 aromatic carbocycles. The first-order valence-electron chi connectivity index (χ1n) is 9.35. The molecule has 8 nitrogen and oxygen atoms in total. The van der Waals surface area contributed by atoms with Gasteiger partial charge in [-0.05, 0) is 42.8 Å². The van der Waals surface area contributed by atoms with Gasteiger partial charge in [0.2, 0.25) is 15.9 Å². The van der Waals surface area contributed by atoms with E-state index in [9.17, 15) is 18.0 Å². The molecule has 0 atom stereocenters. The fourth-order valence-electron chi connectivity index (χ4n) is 2.53. The van der Waals surface area contributed by atoms with Crippen LogP contribution in [0.2, 0.25) is 0 Å². The second-order valence-electron chi connectivity index (χ2n) is 6.98. The third-order valence-electron chi connectivity index (χ3n) is 4.39. The molecule has 0 saturated carbocycles. The molecular weight excluding hydrogens is 406 g/mol. The first-order chi connectivity index (χ1) is 14.1. The second kappa shape index (κ2) is 10.2. The van der Waals surface area contributed by atoms with E-state index >= 15 is 0 Å². The topological polar surface area (TPSA) is 96.0 Å². The number of nitrogens with one attached hydrogen (secondary N) is 1. The average molecular weight is 434 g/mol. The molecule has 30 heavy (non-hydrogen) atoms. The first kappa shape index (κ1) is 23.4. The van der Waals surface area contributed by atoms with E-state index in [2.05, 4.69) is 5.32 Å². The molecule has 2 aromatic rings. The Morgan fingerprint density at radius 2 is 1.73 bits per heavy atom. The number of aryl methyl sites for hydroxylation is 1. The highest BCUT2D eigenvalue weighted by molar-refractivity contribution is 7.89. The minimum atomic E-state index is -3.65. The van der Waals surface area contributed by atoms with Crippen molar-refractivity contribution in [2.75, 3.05) is 40.8 Å². The van der Waals surface area contributed by atoms with Crippen LogP contribution in [0.15, 0.2) is 53.4 Å². The number of likely N-dealkylation sites (N-methyl/N-ethyl adjacent to an activating group) is 1. The third kappa shape index (κ3) is 6.30. The number of amides is 2. The van der Waals surface area contributed by atoms with Gasteiger partial charge in [0.25, 0.3) is 5.91 Å². The lowest BCUT2D eigenvalue weighted by Crippen LogP contribution is -2.39. The number of nitrogens with zero attached hydrogens (tertiary/aromatic N) is 2. The second-order valence-corrected chi connectivity index (χ2v) is 9.13. The standard InChI is InChI=1S/C21H27N3O5S/c1-16-7-5-9-18(13-16)29-12-11-24(4)20(25)15-22-21(26)17-8-6-10-19(14-17)30(27,28)23(2)3/h5-10,13-14H,11-12,15H2,1-4H3,(H,22,26). The summed E-state index contributed by atoms with van der Waals surface area (Å²) >= 11 is 0. The number of sulfonamides is 1. The molecule has 0 aromatic heterocycles. The molecule has 2 rings (SSSR count). The van der Waals surface area contributed by atoms with Crippen LogP contribution in [0.1, 0.15) is 15.9 Å². The van der Waals surface area contributed by atoms with Gasteiger partial charge in [0, 0.05) is 26.7 Å². The van der Waals surface area contributed by atoms with Gasteiger partial charge < -0.3 is 15.0 Å². The van der Waals surface area contributed by atoms with Crippen LogP contribution < -0.4 is 10.1 Å². The minimum Gasteiger partial charge on any atom is -0.492 e. The Labute approximate surface area is 177 Å². The summed E-state index contributed by atoms with van der Waals surface area (Å²) in [5.41, 5.74) is 1.25. The Hall–Kier alpha value is -2.91. The molecule has 0 heterocycles. The zero-order valence-corrected chi connectivity index (χ0v) is 18.4. The number of ether oxygens (including phenoxy) is 1. The van der Waals surface area contributed by atoms with Crippen molar-refractivity contribution in [3.63, 3.8) is 0 Å². The summed E-state index contributed by atoms with van der Waals surface area (Å²) in [5, 5.41) is 2.52. The maximum atomic E-state index is 12.3. The Balaban J connectivity index is 1.86. The van der Waals surface area contributed by atoms with Crippen LogP contribution in [0.5, 0.6) is 5.75 Å². The molecule has 0 spiro atoms. The summed E-state index contributed by atoms with van der Waals surface area (Å²) in [5.74, 6) is -0.0754. The highest BCUT2D eigenvalue weighted by Crippen LogP contribution is 2.15. The van der Waals surface area contributed by atoms with Crippen molar-refractivity contribution >= 4 is 21.8 Å². The summed E-state index contributed by atoms with van der Waals surface area (Å²) in [7, 11) is 0.806. The number of rotatable bonds is 9. The highest BCUT2D eigenvalue weighted by atomic mass is 32.2. The third-order valence-corrected chi connectivity index (χ3v) is 6.20. The zero-order chi connectivity index (χ0) is 22.3. The maximum absolute atomic E-state index is 12.3. The molecule has 9 heteroatoms. The van der Waals surface area contributed by atoms with E-state index in [4.69, 9.17) is 4.74 Å². The van der Waals surface area contributed by atoms with Gasteiger partial charge in [-0.3, -0.25) is 9.59 Å².